The van der Waals surface area contributed by atoms with Crippen LogP contribution < -0.4 is 0 Å². The maximum Gasteiger partial charge on any atom is 0.308 e. The minimum Gasteiger partial charge on any atom is -0.481 e. The Hall–Kier alpha value is -1.54. The van der Waals surface area contributed by atoms with E-state index in [1.165, 1.54) is 16.7 Å². The first-order chi connectivity index (χ1) is 13.8. The van der Waals surface area contributed by atoms with E-state index < -0.39 is 28.6 Å². The van der Waals surface area contributed by atoms with E-state index in [9.17, 15) is 24.6 Å². The van der Waals surface area contributed by atoms with E-state index in [4.69, 9.17) is 0 Å². The molecule has 3 aliphatic rings. The molecule has 3 saturated heterocycles. The van der Waals surface area contributed by atoms with Crippen LogP contribution in [0.3, 0.4) is 0 Å². The summed E-state index contributed by atoms with van der Waals surface area (Å²) < 4.78 is -0.735. The maximum atomic E-state index is 13.7. The second-order valence-electron chi connectivity index (χ2n) is 8.43. The van der Waals surface area contributed by atoms with Gasteiger partial charge < -0.3 is 20.0 Å². The highest BCUT2D eigenvalue weighted by atomic mass is 32.2. The number of hydrogen-bond acceptors (Lipinski definition) is 5. The Balaban J connectivity index is 2.00. The molecule has 2 N–H and O–H groups in total. The van der Waals surface area contributed by atoms with Crippen LogP contribution in [0, 0.1) is 17.8 Å². The van der Waals surface area contributed by atoms with Gasteiger partial charge in [-0.25, -0.2) is 0 Å². The normalized spacial score (nSPS) is 35.1. The van der Waals surface area contributed by atoms with Crippen molar-refractivity contribution in [2.75, 3.05) is 26.2 Å². The number of nitrogens with zero attached hydrogens (tertiary/aromatic N) is 2. The zero-order valence-corrected chi connectivity index (χ0v) is 18.1. The van der Waals surface area contributed by atoms with Gasteiger partial charge in [-0.2, -0.15) is 0 Å². The molecular formula is C21H32N2O5S. The highest BCUT2D eigenvalue weighted by Gasteiger charge is 2.76. The zero-order chi connectivity index (χ0) is 21.3. The van der Waals surface area contributed by atoms with Crippen LogP contribution >= 0.6 is 11.8 Å². The lowest BCUT2D eigenvalue weighted by Crippen LogP contribution is -2.57. The lowest BCUT2D eigenvalue weighted by molar-refractivity contribution is -0.149. The molecule has 162 valence electrons. The van der Waals surface area contributed by atoms with Crippen molar-refractivity contribution in [2.24, 2.45) is 17.8 Å². The first-order valence-electron chi connectivity index (χ1n) is 10.6. The number of thioether (sulfide) groups is 1. The van der Waals surface area contributed by atoms with E-state index in [0.717, 1.165) is 19.3 Å². The van der Waals surface area contributed by atoms with Crippen LogP contribution in [0.5, 0.6) is 0 Å². The van der Waals surface area contributed by atoms with E-state index in [-0.39, 0.29) is 36.1 Å². The SMILES string of the molecule is C=CCN(CCCCC)C(=O)C1N(CCO)C(=O)[C@@H]2[C@H](C(=O)O)[C@@H]3CC(C)C12S3. The smallest absolute Gasteiger partial charge is 0.308 e. The van der Waals surface area contributed by atoms with Crippen molar-refractivity contribution in [1.82, 2.24) is 9.80 Å². The van der Waals surface area contributed by atoms with E-state index in [1.807, 2.05) is 6.92 Å². The summed E-state index contributed by atoms with van der Waals surface area (Å²) in [6.45, 7) is 8.68. The summed E-state index contributed by atoms with van der Waals surface area (Å²) in [5.41, 5.74) is 0. The molecule has 3 heterocycles. The minimum absolute atomic E-state index is 0.0503. The summed E-state index contributed by atoms with van der Waals surface area (Å²) in [5.74, 6) is -2.82. The fraction of sp³-hybridized carbons (Fsp3) is 0.762. The molecule has 1 spiro atoms. The maximum absolute atomic E-state index is 13.7. The fourth-order valence-corrected chi connectivity index (χ4v) is 8.01. The monoisotopic (exact) mass is 424 g/mol. The number of likely N-dealkylation sites (tertiary alicyclic amines) is 1. The molecule has 0 aromatic carbocycles. The Morgan fingerprint density at radius 3 is 2.72 bits per heavy atom. The Morgan fingerprint density at radius 1 is 1.41 bits per heavy atom. The van der Waals surface area contributed by atoms with Crippen LogP contribution in [0.1, 0.15) is 39.5 Å². The third-order valence-corrected chi connectivity index (χ3v) is 8.87. The van der Waals surface area contributed by atoms with Crippen LogP contribution in [-0.2, 0) is 14.4 Å². The second kappa shape index (κ2) is 8.68. The molecule has 3 fully saturated rings. The molecule has 3 unspecified atom stereocenters. The van der Waals surface area contributed by atoms with Crippen molar-refractivity contribution in [3.05, 3.63) is 12.7 Å². The fourth-order valence-electron chi connectivity index (χ4n) is 5.60. The summed E-state index contributed by atoms with van der Waals surface area (Å²) in [5, 5.41) is 19.2. The topological polar surface area (TPSA) is 98.2 Å². The van der Waals surface area contributed by atoms with Crippen LogP contribution in [0.2, 0.25) is 0 Å². The summed E-state index contributed by atoms with van der Waals surface area (Å²) in [6.07, 6.45) is 5.30. The second-order valence-corrected chi connectivity index (χ2v) is 9.97. The lowest BCUT2D eigenvalue weighted by Gasteiger charge is -2.40. The molecule has 3 aliphatic heterocycles. The lowest BCUT2D eigenvalue weighted by atomic mass is 9.66. The van der Waals surface area contributed by atoms with Crippen molar-refractivity contribution >= 4 is 29.5 Å². The number of fused-ring (bicyclic) bond motifs is 1. The number of aliphatic carboxylic acids is 1. The summed E-state index contributed by atoms with van der Waals surface area (Å²) >= 11 is 1.53. The number of carboxylic acid groups (broad SMARTS) is 1. The number of aliphatic hydroxyl groups excluding tert-OH is 1. The van der Waals surface area contributed by atoms with Gasteiger partial charge in [0.2, 0.25) is 11.8 Å². The average molecular weight is 425 g/mol. The molecule has 0 aromatic heterocycles. The molecule has 3 rings (SSSR count). The van der Waals surface area contributed by atoms with Gasteiger partial charge in [-0.05, 0) is 18.8 Å². The molecule has 29 heavy (non-hydrogen) atoms. The molecule has 8 heteroatoms. The van der Waals surface area contributed by atoms with Gasteiger partial charge in [0.1, 0.15) is 6.04 Å². The molecule has 7 nitrogen and oxygen atoms in total. The molecule has 2 bridgehead atoms. The predicted octanol–water partition coefficient (Wildman–Crippen LogP) is 1.61. The molecular weight excluding hydrogens is 392 g/mol. The molecule has 2 amide bonds. The average Bonchev–Trinajstić information content (AvgIpc) is 3.25. The van der Waals surface area contributed by atoms with E-state index in [0.29, 0.717) is 19.5 Å². The highest BCUT2D eigenvalue weighted by Crippen LogP contribution is 2.68. The van der Waals surface area contributed by atoms with E-state index >= 15 is 0 Å². The van der Waals surface area contributed by atoms with Gasteiger partial charge in [0.15, 0.2) is 0 Å². The molecule has 0 saturated carbocycles. The van der Waals surface area contributed by atoms with Gasteiger partial charge >= 0.3 is 5.97 Å². The standard InChI is InChI=1S/C21H32N2O5S/c1-4-6-7-9-22(8-5-2)19(26)17-21-13(3)12-14(29-21)15(20(27)28)16(21)18(25)23(17)10-11-24/h5,13-17,24H,2,4,6-12H2,1,3H3,(H,27,28)/t13?,14-,15+,16-,17?,21?/m0/s1. The van der Waals surface area contributed by atoms with Crippen molar-refractivity contribution in [1.29, 1.82) is 0 Å². The first-order valence-corrected chi connectivity index (χ1v) is 11.4. The Labute approximate surface area is 176 Å². The van der Waals surface area contributed by atoms with Gasteiger partial charge in [-0.1, -0.05) is 32.8 Å². The Morgan fingerprint density at radius 2 is 2.14 bits per heavy atom. The largest absolute Gasteiger partial charge is 0.481 e. The number of carbonyl (C=O) groups is 3. The number of amides is 2. The van der Waals surface area contributed by atoms with Gasteiger partial charge in [0.25, 0.3) is 0 Å². The Kier molecular flexibility index (Phi) is 6.63. The number of hydrogen-bond donors (Lipinski definition) is 2. The van der Waals surface area contributed by atoms with Gasteiger partial charge in [0.05, 0.1) is 23.2 Å². The van der Waals surface area contributed by atoms with Gasteiger partial charge in [0, 0.05) is 24.9 Å². The summed E-state index contributed by atoms with van der Waals surface area (Å²) in [4.78, 5) is 42.3. The Bertz CT molecular complexity index is 686. The summed E-state index contributed by atoms with van der Waals surface area (Å²) in [7, 11) is 0. The van der Waals surface area contributed by atoms with Crippen molar-refractivity contribution in [3.8, 4) is 0 Å². The van der Waals surface area contributed by atoms with E-state index in [2.05, 4.69) is 13.5 Å². The summed E-state index contributed by atoms with van der Waals surface area (Å²) in [6, 6.07) is -0.733. The van der Waals surface area contributed by atoms with Gasteiger partial charge in [-0.15, -0.1) is 18.3 Å². The number of carbonyl (C=O) groups excluding carboxylic acids is 2. The third kappa shape index (κ3) is 3.38. The molecule has 0 aromatic rings. The van der Waals surface area contributed by atoms with Crippen molar-refractivity contribution in [2.45, 2.75) is 55.6 Å². The first kappa shape index (κ1) is 22.2. The van der Waals surface area contributed by atoms with Crippen LogP contribution in [0.15, 0.2) is 12.7 Å². The number of β-amino-alcohol motifs (C(OH)–C–C–N with tert-alkyl or cyclic N) is 1. The number of aliphatic hydroxyl groups is 1. The van der Waals surface area contributed by atoms with Crippen molar-refractivity contribution < 1.29 is 24.6 Å². The molecule has 0 aliphatic carbocycles. The third-order valence-electron chi connectivity index (χ3n) is 6.80. The van der Waals surface area contributed by atoms with Crippen LogP contribution in [-0.4, -0.2) is 80.1 Å². The predicted molar refractivity (Wildman–Crippen MR) is 111 cm³/mol. The van der Waals surface area contributed by atoms with Gasteiger partial charge in [-0.3, -0.25) is 14.4 Å². The van der Waals surface area contributed by atoms with E-state index in [1.54, 1.807) is 11.0 Å². The number of unbranched alkanes of at least 4 members (excludes halogenated alkanes) is 2. The zero-order valence-electron chi connectivity index (χ0n) is 17.2. The molecule has 6 atom stereocenters. The van der Waals surface area contributed by atoms with Crippen LogP contribution in [0.25, 0.3) is 0 Å². The quantitative estimate of drug-likeness (QED) is 0.408. The highest BCUT2D eigenvalue weighted by molar-refractivity contribution is 8.02. The number of carboxylic acids is 1. The molecule has 0 radical (unpaired) electrons. The minimum atomic E-state index is -0.961. The van der Waals surface area contributed by atoms with Crippen molar-refractivity contribution in [3.63, 3.8) is 0 Å². The number of rotatable bonds is 10. The van der Waals surface area contributed by atoms with Crippen LogP contribution in [0.4, 0.5) is 0 Å².